The molecule has 2 N–H and O–H groups in total. The van der Waals surface area contributed by atoms with E-state index in [4.69, 9.17) is 9.47 Å². The van der Waals surface area contributed by atoms with Crippen LogP contribution in [0.3, 0.4) is 0 Å². The predicted octanol–water partition coefficient (Wildman–Crippen LogP) is 5.31. The largest absolute Gasteiger partial charge is 0.496 e. The van der Waals surface area contributed by atoms with Crippen LogP contribution in [0.5, 0.6) is 5.75 Å². The Hall–Kier alpha value is -4.96. The highest BCUT2D eigenvalue weighted by atomic mass is 32.2. The number of hydrogen-bond acceptors (Lipinski definition) is 11. The van der Waals surface area contributed by atoms with Gasteiger partial charge in [-0.05, 0) is 74.1 Å². The number of anilines is 1. The van der Waals surface area contributed by atoms with Crippen molar-refractivity contribution in [3.05, 3.63) is 112 Å². The number of sulfonamides is 1. The van der Waals surface area contributed by atoms with Crippen molar-refractivity contribution in [2.45, 2.75) is 28.7 Å². The van der Waals surface area contributed by atoms with Crippen molar-refractivity contribution < 1.29 is 32.4 Å². The average Bonchev–Trinajstić information content (AvgIpc) is 3.16. The molecule has 0 unspecified atom stereocenters. The Morgan fingerprint density at radius 2 is 1.72 bits per heavy atom. The molecule has 0 aliphatic carbocycles. The number of benzene rings is 4. The Kier molecular flexibility index (Phi) is 13.5. The van der Waals surface area contributed by atoms with Crippen LogP contribution in [0.2, 0.25) is 0 Å². The van der Waals surface area contributed by atoms with Crippen LogP contribution in [-0.4, -0.2) is 101 Å². The minimum absolute atomic E-state index is 0.0739. The standard InChI is InChI=1S/C38H43N5O8S2/c1-41(2)25-30(26-52-31-7-5-4-6-8-31)39-34-17-15-32(24-35(34)43(46)47)53(48,49)40-38(45)29-13-11-28(12-14-29)33-16-9-27(23-36(33)50-3)10-18-37(44)42-19-21-51-22-20-42/h4-9,11-17,23-24,30,39H,10,18-22,25-26H2,1-3H3,(H,40,45)/t30-/m1/s1. The first-order valence-electron chi connectivity index (χ1n) is 17.0. The minimum Gasteiger partial charge on any atom is -0.496 e. The first kappa shape index (κ1) is 39.3. The normalized spacial score (nSPS) is 13.7. The van der Waals surface area contributed by atoms with Gasteiger partial charge in [0.1, 0.15) is 11.4 Å². The second-order valence-corrected chi connectivity index (χ2v) is 15.5. The lowest BCUT2D eigenvalue weighted by Crippen LogP contribution is -2.40. The van der Waals surface area contributed by atoms with Crippen molar-refractivity contribution in [3.8, 4) is 16.9 Å². The summed E-state index contributed by atoms with van der Waals surface area (Å²) >= 11 is 1.60. The van der Waals surface area contributed by atoms with Gasteiger partial charge < -0.3 is 24.6 Å². The second kappa shape index (κ2) is 18.2. The Morgan fingerprint density at radius 3 is 2.38 bits per heavy atom. The first-order valence-corrected chi connectivity index (χ1v) is 19.5. The third kappa shape index (κ3) is 10.8. The van der Waals surface area contributed by atoms with E-state index >= 15 is 0 Å². The number of carbonyl (C=O) groups is 2. The van der Waals surface area contributed by atoms with Gasteiger partial charge in [0, 0.05) is 59.9 Å². The summed E-state index contributed by atoms with van der Waals surface area (Å²) in [5.41, 5.74) is 2.23. The molecule has 4 aromatic carbocycles. The van der Waals surface area contributed by atoms with Gasteiger partial charge in [-0.1, -0.05) is 42.5 Å². The van der Waals surface area contributed by atoms with E-state index in [1.165, 1.54) is 24.3 Å². The molecule has 13 nitrogen and oxygen atoms in total. The molecule has 1 fully saturated rings. The number of thioether (sulfide) groups is 1. The van der Waals surface area contributed by atoms with Gasteiger partial charge in [-0.15, -0.1) is 11.8 Å². The van der Waals surface area contributed by atoms with Gasteiger partial charge in [-0.2, -0.15) is 0 Å². The Labute approximate surface area is 313 Å². The Bertz CT molecular complexity index is 2000. The Morgan fingerprint density at radius 1 is 1.00 bits per heavy atom. The summed E-state index contributed by atoms with van der Waals surface area (Å²) in [6.07, 6.45) is 0.920. The molecule has 15 heteroatoms. The highest BCUT2D eigenvalue weighted by Crippen LogP contribution is 2.32. The number of aryl methyl sites for hydroxylation is 1. The molecular formula is C38H43N5O8S2. The number of likely N-dealkylation sites (N-methyl/N-ethyl adjacent to an activating group) is 1. The van der Waals surface area contributed by atoms with E-state index in [0.717, 1.165) is 27.7 Å². The van der Waals surface area contributed by atoms with Crippen molar-refractivity contribution >= 4 is 45.0 Å². The monoisotopic (exact) mass is 761 g/mol. The molecular weight excluding hydrogens is 719 g/mol. The smallest absolute Gasteiger partial charge is 0.293 e. The van der Waals surface area contributed by atoms with Gasteiger partial charge in [-0.3, -0.25) is 19.7 Å². The van der Waals surface area contributed by atoms with E-state index in [1.54, 1.807) is 31.0 Å². The maximum atomic E-state index is 13.3. The van der Waals surface area contributed by atoms with Crippen molar-refractivity contribution in [1.29, 1.82) is 0 Å². The summed E-state index contributed by atoms with van der Waals surface area (Å²) in [5.74, 6) is 0.378. The molecule has 53 heavy (non-hydrogen) atoms. The summed E-state index contributed by atoms with van der Waals surface area (Å²) < 4.78 is 39.6. The fraction of sp³-hybridized carbons (Fsp3) is 0.316. The number of nitrogens with one attached hydrogen (secondary N) is 2. The molecule has 1 aliphatic rings. The Balaban J connectivity index is 1.24. The van der Waals surface area contributed by atoms with Crippen LogP contribution >= 0.6 is 11.8 Å². The van der Waals surface area contributed by atoms with E-state index in [1.807, 2.05) is 77.1 Å². The molecule has 1 saturated heterocycles. The van der Waals surface area contributed by atoms with Crippen LogP contribution in [0.15, 0.2) is 101 Å². The van der Waals surface area contributed by atoms with Crippen molar-refractivity contribution in [2.24, 2.45) is 0 Å². The zero-order chi connectivity index (χ0) is 38.0. The van der Waals surface area contributed by atoms with Gasteiger partial charge >= 0.3 is 0 Å². The van der Waals surface area contributed by atoms with Gasteiger partial charge in [0.2, 0.25) is 5.91 Å². The lowest BCUT2D eigenvalue weighted by Gasteiger charge is -2.26. The zero-order valence-corrected chi connectivity index (χ0v) is 31.5. The lowest BCUT2D eigenvalue weighted by molar-refractivity contribution is -0.384. The maximum Gasteiger partial charge on any atom is 0.293 e. The molecule has 4 aromatic rings. The quantitative estimate of drug-likeness (QED) is 0.0865. The molecule has 1 heterocycles. The number of carbonyl (C=O) groups excluding carboxylic acids is 2. The molecule has 1 atom stereocenters. The predicted molar refractivity (Wildman–Crippen MR) is 205 cm³/mol. The van der Waals surface area contributed by atoms with Crippen LogP contribution in [0, 0.1) is 10.1 Å². The zero-order valence-electron chi connectivity index (χ0n) is 29.8. The van der Waals surface area contributed by atoms with E-state index in [2.05, 4.69) is 5.32 Å². The van der Waals surface area contributed by atoms with E-state index in [-0.39, 0.29) is 23.2 Å². The van der Waals surface area contributed by atoms with Gasteiger partial charge in [0.05, 0.1) is 30.1 Å². The van der Waals surface area contributed by atoms with Crippen LogP contribution in [-0.2, 0) is 26.0 Å². The number of morpholine rings is 1. The SMILES string of the molecule is COc1cc(CCC(=O)N2CCOCC2)ccc1-c1ccc(C(=O)NS(=O)(=O)c2ccc(N[C@@H](CSc3ccccc3)CN(C)C)c([N+](=O)[O-])c2)cc1. The van der Waals surface area contributed by atoms with E-state index in [9.17, 15) is 28.1 Å². The third-order valence-electron chi connectivity index (χ3n) is 8.56. The van der Waals surface area contributed by atoms with Gasteiger partial charge in [0.15, 0.2) is 0 Å². The van der Waals surface area contributed by atoms with Crippen LogP contribution in [0.25, 0.3) is 11.1 Å². The number of nitro groups is 1. The summed E-state index contributed by atoms with van der Waals surface area (Å²) in [4.78, 5) is 41.6. The van der Waals surface area contributed by atoms with Crippen LogP contribution in [0.4, 0.5) is 11.4 Å². The number of nitrogens with zero attached hydrogens (tertiary/aromatic N) is 3. The lowest BCUT2D eigenvalue weighted by atomic mass is 9.99. The topological polar surface area (TPSA) is 160 Å². The summed E-state index contributed by atoms with van der Waals surface area (Å²) in [6, 6.07) is 25.1. The molecule has 0 bridgehead atoms. The number of rotatable bonds is 16. The summed E-state index contributed by atoms with van der Waals surface area (Å²) in [6.45, 7) is 2.87. The first-order chi connectivity index (χ1) is 25.4. The van der Waals surface area contributed by atoms with E-state index in [0.29, 0.717) is 57.2 Å². The summed E-state index contributed by atoms with van der Waals surface area (Å²) in [7, 11) is 0.881. The van der Waals surface area contributed by atoms with Gasteiger partial charge in [-0.25, -0.2) is 13.1 Å². The minimum atomic E-state index is -4.47. The molecule has 0 aromatic heterocycles. The molecule has 5 rings (SSSR count). The molecule has 2 amide bonds. The number of ether oxygens (including phenoxy) is 2. The summed E-state index contributed by atoms with van der Waals surface area (Å²) in [5, 5.41) is 15.3. The number of nitro benzene ring substituents is 1. The molecule has 280 valence electrons. The van der Waals surface area contributed by atoms with Crippen LogP contribution < -0.4 is 14.8 Å². The molecule has 1 aliphatic heterocycles. The third-order valence-corrected chi connectivity index (χ3v) is 11.1. The van der Waals surface area contributed by atoms with Gasteiger partial charge in [0.25, 0.3) is 21.6 Å². The number of amides is 2. The number of hydrogen-bond donors (Lipinski definition) is 2. The highest BCUT2D eigenvalue weighted by molar-refractivity contribution is 7.99. The average molecular weight is 762 g/mol. The fourth-order valence-corrected chi connectivity index (χ4v) is 7.78. The molecule has 0 saturated carbocycles. The highest BCUT2D eigenvalue weighted by Gasteiger charge is 2.25. The maximum absolute atomic E-state index is 13.3. The van der Waals surface area contributed by atoms with Crippen molar-refractivity contribution in [1.82, 2.24) is 14.5 Å². The van der Waals surface area contributed by atoms with E-state index < -0.39 is 31.4 Å². The second-order valence-electron chi connectivity index (χ2n) is 12.7. The van der Waals surface area contributed by atoms with Crippen molar-refractivity contribution in [3.63, 3.8) is 0 Å². The van der Waals surface area contributed by atoms with Crippen molar-refractivity contribution in [2.75, 3.05) is 65.1 Å². The fourth-order valence-electron chi connectivity index (χ4n) is 5.86. The van der Waals surface area contributed by atoms with Crippen LogP contribution in [0.1, 0.15) is 22.3 Å². The number of methoxy groups -OCH3 is 1. The molecule has 0 spiro atoms. The molecule has 0 radical (unpaired) electrons.